The number of hydrogen-bond acceptors (Lipinski definition) is 5. The van der Waals surface area contributed by atoms with Gasteiger partial charge in [-0.25, -0.2) is 9.37 Å². The Labute approximate surface area is 175 Å². The van der Waals surface area contributed by atoms with E-state index in [1.54, 1.807) is 32.9 Å². The second kappa shape index (κ2) is 7.83. The highest BCUT2D eigenvalue weighted by molar-refractivity contribution is 6.03. The number of nitrogens with zero attached hydrogens (tertiary/aromatic N) is 2. The van der Waals surface area contributed by atoms with Crippen molar-refractivity contribution in [1.82, 2.24) is 15.2 Å². The number of halogens is 1. The summed E-state index contributed by atoms with van der Waals surface area (Å²) >= 11 is 0. The van der Waals surface area contributed by atoms with Gasteiger partial charge in [0.15, 0.2) is 5.69 Å². The molecule has 2 fully saturated rings. The van der Waals surface area contributed by atoms with Crippen molar-refractivity contribution in [2.75, 3.05) is 18.4 Å². The van der Waals surface area contributed by atoms with Crippen LogP contribution in [0.4, 0.5) is 10.1 Å². The number of fused-ring (bicyclic) bond motifs is 1. The van der Waals surface area contributed by atoms with Gasteiger partial charge < -0.3 is 15.1 Å². The van der Waals surface area contributed by atoms with E-state index in [-0.39, 0.29) is 17.5 Å². The van der Waals surface area contributed by atoms with Crippen LogP contribution in [-0.4, -0.2) is 40.3 Å². The lowest BCUT2D eigenvalue weighted by atomic mass is 9.92. The number of aryl methyl sites for hydroxylation is 2. The van der Waals surface area contributed by atoms with Crippen molar-refractivity contribution >= 4 is 17.5 Å². The summed E-state index contributed by atoms with van der Waals surface area (Å²) in [4.78, 5) is 32.2. The Morgan fingerprint density at radius 2 is 1.93 bits per heavy atom. The van der Waals surface area contributed by atoms with Crippen molar-refractivity contribution in [3.05, 3.63) is 46.9 Å². The Morgan fingerprint density at radius 3 is 2.60 bits per heavy atom. The minimum atomic E-state index is -0.486. The van der Waals surface area contributed by atoms with Crippen LogP contribution >= 0.6 is 0 Å². The maximum Gasteiger partial charge on any atom is 0.277 e. The molecule has 2 saturated heterocycles. The summed E-state index contributed by atoms with van der Waals surface area (Å²) in [5.41, 5.74) is 0.551. The molecule has 2 amide bonds. The van der Waals surface area contributed by atoms with Gasteiger partial charge in [0.05, 0.1) is 0 Å². The first-order valence-electron chi connectivity index (χ1n) is 10.4. The molecule has 7 nitrogen and oxygen atoms in total. The van der Waals surface area contributed by atoms with Gasteiger partial charge in [0.25, 0.3) is 5.91 Å². The average molecular weight is 414 g/mol. The topological polar surface area (TPSA) is 87.5 Å². The molecule has 1 aromatic carbocycles. The first kappa shape index (κ1) is 20.5. The Balaban J connectivity index is 1.45. The molecule has 160 valence electrons. The molecule has 4 rings (SSSR count). The van der Waals surface area contributed by atoms with Crippen LogP contribution in [0.5, 0.6) is 0 Å². The maximum atomic E-state index is 13.7. The van der Waals surface area contributed by atoms with E-state index in [1.807, 2.05) is 0 Å². The van der Waals surface area contributed by atoms with Crippen LogP contribution in [-0.2, 0) is 4.79 Å². The van der Waals surface area contributed by atoms with E-state index in [0.717, 1.165) is 38.8 Å². The third-order valence-electron chi connectivity index (χ3n) is 6.24. The molecule has 2 aliphatic heterocycles. The minimum absolute atomic E-state index is 0.00184. The van der Waals surface area contributed by atoms with Crippen molar-refractivity contribution in [2.45, 2.75) is 58.0 Å². The van der Waals surface area contributed by atoms with Crippen LogP contribution < -0.4 is 10.6 Å². The van der Waals surface area contributed by atoms with Gasteiger partial charge in [0, 0.05) is 5.69 Å². The molecule has 0 unspecified atom stereocenters. The van der Waals surface area contributed by atoms with E-state index in [9.17, 15) is 14.0 Å². The number of anilines is 1. The quantitative estimate of drug-likeness (QED) is 0.782. The van der Waals surface area contributed by atoms with Gasteiger partial charge in [0.1, 0.15) is 23.2 Å². The molecule has 0 radical (unpaired) electrons. The summed E-state index contributed by atoms with van der Waals surface area (Å²) in [5.74, 6) is -0.255. The van der Waals surface area contributed by atoms with Crippen LogP contribution in [0, 0.1) is 19.7 Å². The van der Waals surface area contributed by atoms with Crippen LogP contribution in [0.1, 0.15) is 66.4 Å². The third kappa shape index (κ3) is 3.60. The smallest absolute Gasteiger partial charge is 0.277 e. The van der Waals surface area contributed by atoms with Crippen molar-refractivity contribution in [2.24, 2.45) is 0 Å². The molecule has 0 spiro atoms. The summed E-state index contributed by atoms with van der Waals surface area (Å²) in [5, 5.41) is 5.66. The molecule has 2 aliphatic rings. The second-order valence-electron chi connectivity index (χ2n) is 8.30. The van der Waals surface area contributed by atoms with Crippen LogP contribution in [0.15, 0.2) is 22.6 Å². The standard InChI is InChI=1S/C22H27FN4O3/c1-13-6-7-16(12-17(13)23)25-19(28)18-15(3)30-20(26-18)14(2)24-21(29)22-8-4-10-27(22)11-5-9-22/h6-7,12,14H,4-5,8-11H2,1-3H3,(H,24,29)(H,25,28)/t14-/m0/s1. The van der Waals surface area contributed by atoms with E-state index in [0.29, 0.717) is 17.0 Å². The predicted octanol–water partition coefficient (Wildman–Crippen LogP) is 3.49. The first-order chi connectivity index (χ1) is 14.3. The Kier molecular flexibility index (Phi) is 5.36. The lowest BCUT2D eigenvalue weighted by molar-refractivity contribution is -0.131. The highest BCUT2D eigenvalue weighted by Crippen LogP contribution is 2.39. The number of amides is 2. The number of oxazole rings is 1. The summed E-state index contributed by atoms with van der Waals surface area (Å²) in [6.07, 6.45) is 3.81. The summed E-state index contributed by atoms with van der Waals surface area (Å²) in [6, 6.07) is 4.02. The van der Waals surface area contributed by atoms with E-state index in [1.165, 1.54) is 6.07 Å². The van der Waals surface area contributed by atoms with Gasteiger partial charge >= 0.3 is 0 Å². The fourth-order valence-electron chi connectivity index (χ4n) is 4.54. The lowest BCUT2D eigenvalue weighted by Gasteiger charge is -2.31. The molecule has 2 aromatic rings. The number of hydrogen-bond donors (Lipinski definition) is 2. The molecule has 2 N–H and O–H groups in total. The summed E-state index contributed by atoms with van der Waals surface area (Å²) < 4.78 is 19.4. The second-order valence-corrected chi connectivity index (χ2v) is 8.30. The molecular weight excluding hydrogens is 387 g/mol. The molecule has 30 heavy (non-hydrogen) atoms. The Morgan fingerprint density at radius 1 is 1.23 bits per heavy atom. The zero-order valence-electron chi connectivity index (χ0n) is 17.5. The molecule has 8 heteroatoms. The lowest BCUT2D eigenvalue weighted by Crippen LogP contribution is -2.52. The number of rotatable bonds is 5. The molecule has 0 bridgehead atoms. The fraction of sp³-hybridized carbons (Fsp3) is 0.500. The van der Waals surface area contributed by atoms with Crippen molar-refractivity contribution in [3.63, 3.8) is 0 Å². The van der Waals surface area contributed by atoms with E-state index >= 15 is 0 Å². The van der Waals surface area contributed by atoms with Gasteiger partial charge in [-0.3, -0.25) is 14.5 Å². The number of carbonyl (C=O) groups excluding carboxylic acids is 2. The van der Waals surface area contributed by atoms with Crippen LogP contribution in [0.2, 0.25) is 0 Å². The highest BCUT2D eigenvalue weighted by Gasteiger charge is 2.50. The molecule has 3 heterocycles. The monoisotopic (exact) mass is 414 g/mol. The first-order valence-corrected chi connectivity index (χ1v) is 10.4. The van der Waals surface area contributed by atoms with E-state index in [2.05, 4.69) is 20.5 Å². The molecule has 0 saturated carbocycles. The van der Waals surface area contributed by atoms with Crippen molar-refractivity contribution in [1.29, 1.82) is 0 Å². The zero-order valence-corrected chi connectivity index (χ0v) is 17.5. The largest absolute Gasteiger partial charge is 0.443 e. The van der Waals surface area contributed by atoms with Crippen LogP contribution in [0.25, 0.3) is 0 Å². The number of carbonyl (C=O) groups is 2. The molecule has 0 aliphatic carbocycles. The number of aromatic nitrogens is 1. The van der Waals surface area contributed by atoms with Gasteiger partial charge in [0.2, 0.25) is 11.8 Å². The number of nitrogens with one attached hydrogen (secondary N) is 2. The fourth-order valence-corrected chi connectivity index (χ4v) is 4.54. The van der Waals surface area contributed by atoms with Gasteiger partial charge in [-0.2, -0.15) is 0 Å². The summed E-state index contributed by atoms with van der Waals surface area (Å²) in [6.45, 7) is 7.02. The SMILES string of the molecule is Cc1ccc(NC(=O)c2nc([C@H](C)NC(=O)C34CCCN3CCC4)oc2C)cc1F. The van der Waals surface area contributed by atoms with Gasteiger partial charge in [-0.1, -0.05) is 6.07 Å². The minimum Gasteiger partial charge on any atom is -0.443 e. The normalized spacial score (nSPS) is 18.8. The number of benzene rings is 1. The van der Waals surface area contributed by atoms with E-state index in [4.69, 9.17) is 4.42 Å². The van der Waals surface area contributed by atoms with Crippen LogP contribution in [0.3, 0.4) is 0 Å². The highest BCUT2D eigenvalue weighted by atomic mass is 19.1. The molecule has 1 atom stereocenters. The van der Waals surface area contributed by atoms with Crippen molar-refractivity contribution < 1.29 is 18.4 Å². The van der Waals surface area contributed by atoms with Gasteiger partial charge in [-0.05, 0) is 77.2 Å². The summed E-state index contributed by atoms with van der Waals surface area (Å²) in [7, 11) is 0. The maximum absolute atomic E-state index is 13.7. The Hall–Kier alpha value is -2.74. The zero-order chi connectivity index (χ0) is 21.5. The Bertz CT molecular complexity index is 977. The van der Waals surface area contributed by atoms with E-state index < -0.39 is 23.3 Å². The molecule has 1 aromatic heterocycles. The predicted molar refractivity (Wildman–Crippen MR) is 110 cm³/mol. The van der Waals surface area contributed by atoms with Gasteiger partial charge in [-0.15, -0.1) is 0 Å². The van der Waals surface area contributed by atoms with Crippen molar-refractivity contribution in [3.8, 4) is 0 Å². The molecular formula is C22H27FN4O3. The average Bonchev–Trinajstić information content (AvgIpc) is 3.38. The third-order valence-corrected chi connectivity index (χ3v) is 6.24.